The van der Waals surface area contributed by atoms with Crippen molar-refractivity contribution in [1.82, 2.24) is 9.29 Å². The van der Waals surface area contributed by atoms with E-state index in [-0.39, 0.29) is 24.1 Å². The van der Waals surface area contributed by atoms with Crippen LogP contribution in [-0.2, 0) is 10.0 Å². The number of aromatic nitrogens is 1. The highest BCUT2D eigenvalue weighted by Crippen LogP contribution is 2.22. The summed E-state index contributed by atoms with van der Waals surface area (Å²) in [6.45, 7) is 3.78. The summed E-state index contributed by atoms with van der Waals surface area (Å²) in [7, 11) is -3.63. The largest absolute Gasteiger partial charge is 0.395 e. The fourth-order valence-electron chi connectivity index (χ4n) is 1.96. The maximum absolute atomic E-state index is 12.6. The van der Waals surface area contributed by atoms with Gasteiger partial charge in [-0.15, -0.1) is 0 Å². The molecule has 0 saturated heterocycles. The van der Waals surface area contributed by atoms with Crippen molar-refractivity contribution in [2.45, 2.75) is 37.6 Å². The zero-order valence-corrected chi connectivity index (χ0v) is 13.5. The number of rotatable bonds is 7. The predicted molar refractivity (Wildman–Crippen MR) is 77.3 cm³/mol. The van der Waals surface area contributed by atoms with E-state index in [1.54, 1.807) is 0 Å². The smallest absolute Gasteiger partial charge is 0.244 e. The summed E-state index contributed by atoms with van der Waals surface area (Å²) in [5.74, 6) is 0. The molecule has 0 aliphatic carbocycles. The van der Waals surface area contributed by atoms with Gasteiger partial charge >= 0.3 is 0 Å². The summed E-state index contributed by atoms with van der Waals surface area (Å²) < 4.78 is 27.1. The van der Waals surface area contributed by atoms with Crippen LogP contribution in [0.25, 0.3) is 0 Å². The van der Waals surface area contributed by atoms with Crippen LogP contribution in [0.15, 0.2) is 27.8 Å². The van der Waals surface area contributed by atoms with Crippen LogP contribution in [-0.4, -0.2) is 42.0 Å². The molecule has 1 aromatic rings. The molecule has 108 valence electrons. The maximum atomic E-state index is 12.6. The molecule has 0 saturated carbocycles. The molecule has 1 rings (SSSR count). The Labute approximate surface area is 122 Å². The van der Waals surface area contributed by atoms with Gasteiger partial charge in [-0.25, -0.2) is 8.42 Å². The first kappa shape index (κ1) is 16.6. The lowest BCUT2D eigenvalue weighted by Crippen LogP contribution is -2.41. The van der Waals surface area contributed by atoms with Gasteiger partial charge in [-0.05, 0) is 34.8 Å². The van der Waals surface area contributed by atoms with E-state index in [2.05, 4.69) is 20.9 Å². The molecule has 5 nitrogen and oxygen atoms in total. The molecular formula is C12H19BrN2O3S. The second-order valence-electron chi connectivity index (χ2n) is 4.15. The molecule has 7 heteroatoms. The van der Waals surface area contributed by atoms with Crippen molar-refractivity contribution in [3.63, 3.8) is 0 Å². The van der Waals surface area contributed by atoms with Crippen molar-refractivity contribution < 1.29 is 13.5 Å². The maximum Gasteiger partial charge on any atom is 0.244 e. The first-order valence-corrected chi connectivity index (χ1v) is 8.43. The van der Waals surface area contributed by atoms with Crippen molar-refractivity contribution >= 4 is 26.0 Å². The normalized spacial score (nSPS) is 12.3. The third-order valence-corrected chi connectivity index (χ3v) is 5.31. The van der Waals surface area contributed by atoms with Gasteiger partial charge in [0.15, 0.2) is 0 Å². The van der Waals surface area contributed by atoms with E-state index < -0.39 is 10.0 Å². The van der Waals surface area contributed by atoms with Crippen molar-refractivity contribution in [3.05, 3.63) is 22.9 Å². The third kappa shape index (κ3) is 3.98. The van der Waals surface area contributed by atoms with Gasteiger partial charge in [0.05, 0.1) is 6.61 Å². The average Bonchev–Trinajstić information content (AvgIpc) is 2.39. The first-order valence-electron chi connectivity index (χ1n) is 6.20. The molecule has 1 aromatic heterocycles. The van der Waals surface area contributed by atoms with Gasteiger partial charge in [-0.1, -0.05) is 13.8 Å². The predicted octanol–water partition coefficient (Wildman–Crippen LogP) is 2.02. The van der Waals surface area contributed by atoms with Crippen LogP contribution in [0, 0.1) is 0 Å². The zero-order chi connectivity index (χ0) is 14.5. The second kappa shape index (κ2) is 7.33. The van der Waals surface area contributed by atoms with Gasteiger partial charge in [-0.2, -0.15) is 4.31 Å². The van der Waals surface area contributed by atoms with E-state index in [4.69, 9.17) is 5.11 Å². The number of hydrogen-bond donors (Lipinski definition) is 1. The monoisotopic (exact) mass is 350 g/mol. The Morgan fingerprint density at radius 2 is 2.00 bits per heavy atom. The Morgan fingerprint density at radius 3 is 2.47 bits per heavy atom. The molecule has 0 amide bonds. The van der Waals surface area contributed by atoms with E-state index in [0.717, 1.165) is 0 Å². The van der Waals surface area contributed by atoms with Crippen LogP contribution in [0.3, 0.4) is 0 Å². The zero-order valence-electron chi connectivity index (χ0n) is 11.1. The minimum absolute atomic E-state index is 0.0984. The number of nitrogens with zero attached hydrogens (tertiary/aromatic N) is 2. The van der Waals surface area contributed by atoms with Crippen molar-refractivity contribution in [2.24, 2.45) is 0 Å². The quantitative estimate of drug-likeness (QED) is 0.816. The van der Waals surface area contributed by atoms with Crippen LogP contribution >= 0.6 is 15.9 Å². The highest BCUT2D eigenvalue weighted by molar-refractivity contribution is 9.10. The van der Waals surface area contributed by atoms with E-state index in [1.807, 2.05) is 13.8 Å². The molecular weight excluding hydrogens is 332 g/mol. The number of aliphatic hydroxyl groups excluding tert-OH is 1. The van der Waals surface area contributed by atoms with E-state index in [1.165, 1.54) is 22.8 Å². The summed E-state index contributed by atoms with van der Waals surface area (Å²) in [5.41, 5.74) is 0. The van der Waals surface area contributed by atoms with E-state index in [0.29, 0.717) is 17.3 Å². The SMILES string of the molecule is CCC(CC)N(CCO)S(=O)(=O)c1cncc(Br)c1. The lowest BCUT2D eigenvalue weighted by molar-refractivity contribution is 0.219. The molecule has 0 bridgehead atoms. The Hall–Kier alpha value is -0.500. The molecule has 1 heterocycles. The number of pyridine rings is 1. The number of halogens is 1. The second-order valence-corrected chi connectivity index (χ2v) is 6.95. The summed E-state index contributed by atoms with van der Waals surface area (Å²) in [4.78, 5) is 4.03. The lowest BCUT2D eigenvalue weighted by atomic mass is 10.2. The summed E-state index contributed by atoms with van der Waals surface area (Å²) >= 11 is 3.22. The standard InChI is InChI=1S/C12H19BrN2O3S/c1-3-11(4-2)15(5-6-16)19(17,18)12-7-10(13)8-14-9-12/h7-9,11,16H,3-6H2,1-2H3. The van der Waals surface area contributed by atoms with Gasteiger partial charge in [0, 0.05) is 29.5 Å². The molecule has 0 aliphatic rings. The van der Waals surface area contributed by atoms with Gasteiger partial charge in [0.1, 0.15) is 4.90 Å². The molecule has 1 N–H and O–H groups in total. The molecule has 0 spiro atoms. The van der Waals surface area contributed by atoms with Crippen LogP contribution in [0.1, 0.15) is 26.7 Å². The Balaban J connectivity index is 3.19. The van der Waals surface area contributed by atoms with Crippen LogP contribution in [0.4, 0.5) is 0 Å². The molecule has 0 fully saturated rings. The van der Waals surface area contributed by atoms with Gasteiger partial charge < -0.3 is 5.11 Å². The highest BCUT2D eigenvalue weighted by Gasteiger charge is 2.29. The van der Waals surface area contributed by atoms with Crippen LogP contribution < -0.4 is 0 Å². The number of hydrogen-bond acceptors (Lipinski definition) is 4. The number of aliphatic hydroxyl groups is 1. The van der Waals surface area contributed by atoms with E-state index >= 15 is 0 Å². The van der Waals surface area contributed by atoms with E-state index in [9.17, 15) is 8.42 Å². The Bertz CT molecular complexity index is 503. The van der Waals surface area contributed by atoms with Gasteiger partial charge in [0.25, 0.3) is 0 Å². The minimum atomic E-state index is -3.63. The molecule has 0 atom stereocenters. The Kier molecular flexibility index (Phi) is 6.38. The minimum Gasteiger partial charge on any atom is -0.395 e. The summed E-state index contributed by atoms with van der Waals surface area (Å²) in [5, 5.41) is 9.11. The van der Waals surface area contributed by atoms with Crippen molar-refractivity contribution in [2.75, 3.05) is 13.2 Å². The fraction of sp³-hybridized carbons (Fsp3) is 0.583. The van der Waals surface area contributed by atoms with Crippen molar-refractivity contribution in [1.29, 1.82) is 0 Å². The Morgan fingerprint density at radius 1 is 1.37 bits per heavy atom. The average molecular weight is 351 g/mol. The third-order valence-electron chi connectivity index (χ3n) is 2.96. The molecule has 0 radical (unpaired) electrons. The molecule has 0 unspecified atom stereocenters. The van der Waals surface area contributed by atoms with Crippen LogP contribution in [0.2, 0.25) is 0 Å². The highest BCUT2D eigenvalue weighted by atomic mass is 79.9. The molecule has 0 aliphatic heterocycles. The fourth-order valence-corrected chi connectivity index (χ4v) is 4.23. The first-order chi connectivity index (χ1) is 8.97. The van der Waals surface area contributed by atoms with Crippen LogP contribution in [0.5, 0.6) is 0 Å². The topological polar surface area (TPSA) is 70.5 Å². The lowest BCUT2D eigenvalue weighted by Gasteiger charge is -2.28. The van der Waals surface area contributed by atoms with Crippen molar-refractivity contribution in [3.8, 4) is 0 Å². The number of sulfonamides is 1. The molecule has 0 aromatic carbocycles. The molecule has 19 heavy (non-hydrogen) atoms. The summed E-state index contributed by atoms with van der Waals surface area (Å²) in [6.07, 6.45) is 4.27. The summed E-state index contributed by atoms with van der Waals surface area (Å²) in [6, 6.07) is 1.41. The van der Waals surface area contributed by atoms with Gasteiger partial charge in [-0.3, -0.25) is 4.98 Å². The van der Waals surface area contributed by atoms with Gasteiger partial charge in [0.2, 0.25) is 10.0 Å².